The van der Waals surface area contributed by atoms with E-state index >= 15 is 0 Å². The van der Waals surface area contributed by atoms with E-state index in [1.165, 1.54) is 5.56 Å². The van der Waals surface area contributed by atoms with Crippen molar-refractivity contribution in [2.45, 2.75) is 19.3 Å². The van der Waals surface area contributed by atoms with Crippen molar-refractivity contribution in [3.05, 3.63) is 60.2 Å². The maximum absolute atomic E-state index is 11.7. The number of hydrogen-bond acceptors (Lipinski definition) is 2. The number of amides is 1. The lowest BCUT2D eigenvalue weighted by atomic mass is 10.1. The van der Waals surface area contributed by atoms with E-state index in [-0.39, 0.29) is 11.7 Å². The lowest BCUT2D eigenvalue weighted by molar-refractivity contribution is -0.116. The molecule has 98 valence electrons. The monoisotopic (exact) mass is 255 g/mol. The summed E-state index contributed by atoms with van der Waals surface area (Å²) >= 11 is 0. The number of rotatable bonds is 5. The Balaban J connectivity index is 1.78. The van der Waals surface area contributed by atoms with Crippen molar-refractivity contribution in [2.24, 2.45) is 0 Å². The zero-order valence-corrected chi connectivity index (χ0v) is 10.7. The normalized spacial score (nSPS) is 10.1. The van der Waals surface area contributed by atoms with Gasteiger partial charge < -0.3 is 10.4 Å². The zero-order valence-electron chi connectivity index (χ0n) is 10.7. The maximum Gasteiger partial charge on any atom is 0.224 e. The molecule has 2 aromatic rings. The molecule has 0 aliphatic carbocycles. The second kappa shape index (κ2) is 6.59. The van der Waals surface area contributed by atoms with E-state index in [4.69, 9.17) is 0 Å². The predicted molar refractivity (Wildman–Crippen MR) is 76.1 cm³/mol. The third-order valence-electron chi connectivity index (χ3n) is 2.89. The molecule has 0 aliphatic heterocycles. The molecule has 0 saturated carbocycles. The molecule has 0 bridgehead atoms. The molecule has 0 radical (unpaired) electrons. The summed E-state index contributed by atoms with van der Waals surface area (Å²) in [5.41, 5.74) is 1.70. The topological polar surface area (TPSA) is 49.3 Å². The van der Waals surface area contributed by atoms with Crippen LogP contribution in [0.2, 0.25) is 0 Å². The van der Waals surface area contributed by atoms with Gasteiger partial charge in [-0.2, -0.15) is 0 Å². The van der Waals surface area contributed by atoms with Crippen molar-refractivity contribution in [1.29, 1.82) is 0 Å². The van der Waals surface area contributed by atoms with E-state index in [9.17, 15) is 9.90 Å². The van der Waals surface area contributed by atoms with Gasteiger partial charge in [0.25, 0.3) is 0 Å². The predicted octanol–water partition coefficient (Wildman–Crippen LogP) is 3.35. The Morgan fingerprint density at radius 2 is 1.68 bits per heavy atom. The summed E-state index contributed by atoms with van der Waals surface area (Å²) in [4.78, 5) is 11.7. The van der Waals surface area contributed by atoms with Gasteiger partial charge in [-0.05, 0) is 30.5 Å². The summed E-state index contributed by atoms with van der Waals surface area (Å²) in [6.07, 6.45) is 2.13. The first-order chi connectivity index (χ1) is 9.25. The highest BCUT2D eigenvalue weighted by atomic mass is 16.3. The summed E-state index contributed by atoms with van der Waals surface area (Å²) in [6, 6.07) is 16.8. The molecule has 2 rings (SSSR count). The van der Waals surface area contributed by atoms with Crippen molar-refractivity contribution in [1.82, 2.24) is 0 Å². The van der Waals surface area contributed by atoms with E-state index in [0.717, 1.165) is 12.8 Å². The standard InChI is InChI=1S/C16H17NO2/c18-15-11-5-4-10-14(15)17-16(19)12-6-9-13-7-2-1-3-8-13/h1-5,7-8,10-11,18H,6,9,12H2,(H,17,19). The Bertz CT molecular complexity index is 537. The molecular formula is C16H17NO2. The molecule has 0 saturated heterocycles. The lowest BCUT2D eigenvalue weighted by Crippen LogP contribution is -2.11. The third-order valence-corrected chi connectivity index (χ3v) is 2.89. The second-order valence-electron chi connectivity index (χ2n) is 4.40. The summed E-state index contributed by atoms with van der Waals surface area (Å²) in [5.74, 6) is 0.0244. The summed E-state index contributed by atoms with van der Waals surface area (Å²) in [6.45, 7) is 0. The largest absolute Gasteiger partial charge is 0.506 e. The van der Waals surface area contributed by atoms with Crippen molar-refractivity contribution in [3.8, 4) is 5.75 Å². The van der Waals surface area contributed by atoms with Gasteiger partial charge in [-0.25, -0.2) is 0 Å². The van der Waals surface area contributed by atoms with Crippen LogP contribution in [0.5, 0.6) is 5.75 Å². The van der Waals surface area contributed by atoms with Crippen LogP contribution in [0.15, 0.2) is 54.6 Å². The first kappa shape index (κ1) is 13.1. The van der Waals surface area contributed by atoms with Gasteiger partial charge in [0.2, 0.25) is 5.91 Å². The molecule has 0 aromatic heterocycles. The Morgan fingerprint density at radius 1 is 1.00 bits per heavy atom. The maximum atomic E-state index is 11.7. The number of phenols is 1. The van der Waals surface area contributed by atoms with Crippen LogP contribution in [0.4, 0.5) is 5.69 Å². The highest BCUT2D eigenvalue weighted by Crippen LogP contribution is 2.21. The quantitative estimate of drug-likeness (QED) is 0.805. The molecule has 0 aliphatic rings. The zero-order chi connectivity index (χ0) is 13.5. The minimum atomic E-state index is -0.0718. The molecule has 0 fully saturated rings. The Hall–Kier alpha value is -2.29. The number of aryl methyl sites for hydroxylation is 1. The molecule has 0 atom stereocenters. The van der Waals surface area contributed by atoms with Crippen molar-refractivity contribution in [2.75, 3.05) is 5.32 Å². The summed E-state index contributed by atoms with van der Waals surface area (Å²) < 4.78 is 0. The fraction of sp³-hybridized carbons (Fsp3) is 0.188. The van der Waals surface area contributed by atoms with Gasteiger partial charge in [-0.15, -0.1) is 0 Å². The first-order valence-electron chi connectivity index (χ1n) is 6.37. The van der Waals surface area contributed by atoms with Crippen LogP contribution in [-0.2, 0) is 11.2 Å². The average Bonchev–Trinajstić information content (AvgIpc) is 2.43. The summed E-state index contributed by atoms with van der Waals surface area (Å²) in [5, 5.41) is 12.3. The number of carbonyl (C=O) groups is 1. The van der Waals surface area contributed by atoms with Crippen molar-refractivity contribution in [3.63, 3.8) is 0 Å². The van der Waals surface area contributed by atoms with Crippen LogP contribution in [0.1, 0.15) is 18.4 Å². The van der Waals surface area contributed by atoms with Gasteiger partial charge in [0, 0.05) is 6.42 Å². The molecule has 2 N–H and O–H groups in total. The number of hydrogen-bond donors (Lipinski definition) is 2. The molecule has 1 amide bonds. The van der Waals surface area contributed by atoms with Crippen molar-refractivity contribution < 1.29 is 9.90 Å². The van der Waals surface area contributed by atoms with Gasteiger partial charge in [0.05, 0.1) is 5.69 Å². The highest BCUT2D eigenvalue weighted by molar-refractivity contribution is 5.92. The summed E-state index contributed by atoms with van der Waals surface area (Å²) in [7, 11) is 0. The van der Waals surface area contributed by atoms with E-state index in [2.05, 4.69) is 17.4 Å². The Labute approximate surface area is 112 Å². The number of aromatic hydroxyl groups is 1. The van der Waals surface area contributed by atoms with E-state index < -0.39 is 0 Å². The second-order valence-corrected chi connectivity index (χ2v) is 4.40. The molecule has 0 spiro atoms. The molecule has 2 aromatic carbocycles. The van der Waals surface area contributed by atoms with Gasteiger partial charge in [-0.3, -0.25) is 4.79 Å². The van der Waals surface area contributed by atoms with E-state index in [0.29, 0.717) is 12.1 Å². The number of phenolic OH excluding ortho intramolecular Hbond substituents is 1. The van der Waals surface area contributed by atoms with Gasteiger partial charge in [0.15, 0.2) is 0 Å². The third kappa shape index (κ3) is 4.14. The van der Waals surface area contributed by atoms with E-state index in [1.54, 1.807) is 24.3 Å². The van der Waals surface area contributed by atoms with E-state index in [1.807, 2.05) is 18.2 Å². The minimum absolute atomic E-state index is 0.0718. The fourth-order valence-electron chi connectivity index (χ4n) is 1.89. The minimum Gasteiger partial charge on any atom is -0.506 e. The number of nitrogens with one attached hydrogen (secondary N) is 1. The highest BCUT2D eigenvalue weighted by Gasteiger charge is 2.05. The first-order valence-corrected chi connectivity index (χ1v) is 6.37. The molecule has 3 heteroatoms. The van der Waals surface area contributed by atoms with Gasteiger partial charge in [0.1, 0.15) is 5.75 Å². The van der Waals surface area contributed by atoms with Crippen LogP contribution in [-0.4, -0.2) is 11.0 Å². The number of benzene rings is 2. The van der Waals surface area contributed by atoms with Gasteiger partial charge in [-0.1, -0.05) is 42.5 Å². The smallest absolute Gasteiger partial charge is 0.224 e. The lowest BCUT2D eigenvalue weighted by Gasteiger charge is -2.06. The SMILES string of the molecule is O=C(CCCc1ccccc1)Nc1ccccc1O. The van der Waals surface area contributed by atoms with Gasteiger partial charge >= 0.3 is 0 Å². The van der Waals surface area contributed by atoms with Crippen LogP contribution in [0.25, 0.3) is 0 Å². The Kier molecular flexibility index (Phi) is 4.56. The number of para-hydroxylation sites is 2. The Morgan fingerprint density at radius 3 is 2.42 bits per heavy atom. The average molecular weight is 255 g/mol. The van der Waals surface area contributed by atoms with Crippen molar-refractivity contribution >= 4 is 11.6 Å². The van der Waals surface area contributed by atoms with Crippen LogP contribution in [0, 0.1) is 0 Å². The fourth-order valence-corrected chi connectivity index (χ4v) is 1.89. The number of anilines is 1. The molecule has 3 nitrogen and oxygen atoms in total. The van der Waals surface area contributed by atoms with Crippen LogP contribution >= 0.6 is 0 Å². The molecule has 19 heavy (non-hydrogen) atoms. The molecule has 0 unspecified atom stereocenters. The van der Waals surface area contributed by atoms with Crippen LogP contribution < -0.4 is 5.32 Å². The molecule has 0 heterocycles. The van der Waals surface area contributed by atoms with Crippen LogP contribution in [0.3, 0.4) is 0 Å². The molecular weight excluding hydrogens is 238 g/mol. The number of carbonyl (C=O) groups excluding carboxylic acids is 1.